The predicted octanol–water partition coefficient (Wildman–Crippen LogP) is 0.00920. The summed E-state index contributed by atoms with van der Waals surface area (Å²) in [5, 5.41) is 48.2. The number of carbonyl (C=O) groups is 3. The molecule has 0 unspecified atom stereocenters. The Kier molecular flexibility index (Phi) is 15.9. The highest BCUT2D eigenvalue weighted by molar-refractivity contribution is 6.30. The molecule has 13 nitrogen and oxygen atoms in total. The zero-order valence-corrected chi connectivity index (χ0v) is 24.8. The third-order valence-corrected chi connectivity index (χ3v) is 6.97. The first-order valence-corrected chi connectivity index (χ1v) is 14.3. The van der Waals surface area contributed by atoms with Crippen LogP contribution in [0.1, 0.15) is 37.7 Å². The Morgan fingerprint density at radius 1 is 1.14 bits per heavy atom. The normalized spacial score (nSPS) is 23.1. The second kappa shape index (κ2) is 18.8. The van der Waals surface area contributed by atoms with Crippen LogP contribution in [0.4, 0.5) is 0 Å². The standard InChI is InChI=1S/C29H41ClN2O11/c1-3-12-41-13-6-4-5-7-14-42-29(28(38)39)16-21(33)25(32-24(36)18-40-2)27(43-29)26(37)22(34)17-31-23(35)15-19-8-10-20(30)11-9-19/h1,8-11,21-22,25-27,33-34,37H,4-7,12-18H2,2H3,(H,31,35)(H,32,36)(H,38,39)/t21-,22+,25+,26+,27+,29+/m0/s1. The van der Waals surface area contributed by atoms with Gasteiger partial charge >= 0.3 is 5.97 Å². The summed E-state index contributed by atoms with van der Waals surface area (Å²) in [6.45, 7) is -0.136. The van der Waals surface area contributed by atoms with E-state index in [1.54, 1.807) is 24.3 Å². The summed E-state index contributed by atoms with van der Waals surface area (Å²) in [4.78, 5) is 37.0. The summed E-state index contributed by atoms with van der Waals surface area (Å²) in [6.07, 6.45) is 0.500. The number of halogens is 1. The molecule has 2 rings (SSSR count). The van der Waals surface area contributed by atoms with E-state index in [0.717, 1.165) is 12.8 Å². The van der Waals surface area contributed by atoms with Gasteiger partial charge in [0.05, 0.1) is 31.3 Å². The molecule has 1 fully saturated rings. The van der Waals surface area contributed by atoms with Crippen molar-refractivity contribution in [2.24, 2.45) is 0 Å². The highest BCUT2D eigenvalue weighted by Crippen LogP contribution is 2.34. The number of carboxylic acids is 1. The molecule has 1 saturated heterocycles. The van der Waals surface area contributed by atoms with E-state index in [1.165, 1.54) is 7.11 Å². The zero-order valence-electron chi connectivity index (χ0n) is 24.1. The predicted molar refractivity (Wildman–Crippen MR) is 154 cm³/mol. The van der Waals surface area contributed by atoms with Crippen molar-refractivity contribution in [3.8, 4) is 12.3 Å². The fourth-order valence-corrected chi connectivity index (χ4v) is 4.64. The first-order chi connectivity index (χ1) is 20.5. The van der Waals surface area contributed by atoms with Gasteiger partial charge in [0.1, 0.15) is 25.4 Å². The minimum absolute atomic E-state index is 0.0256. The van der Waals surface area contributed by atoms with Gasteiger partial charge in [0, 0.05) is 31.7 Å². The number of amides is 2. The SMILES string of the molecule is C#CCOCCCCCCO[C@]1(C(=O)O)C[C@H](O)[C@@H](NC(=O)COC)[C@H]([C@H](O)[C@H](O)CNC(=O)Cc2ccc(Cl)cc2)O1. The van der Waals surface area contributed by atoms with Crippen LogP contribution in [0, 0.1) is 12.3 Å². The molecule has 2 amide bonds. The molecule has 6 N–H and O–H groups in total. The lowest BCUT2D eigenvalue weighted by molar-refractivity contribution is -0.310. The lowest BCUT2D eigenvalue weighted by Crippen LogP contribution is -2.68. The number of hydrogen-bond donors (Lipinski definition) is 6. The minimum Gasteiger partial charge on any atom is -0.477 e. The van der Waals surface area contributed by atoms with Gasteiger partial charge in [-0.05, 0) is 30.5 Å². The fraction of sp³-hybridized carbons (Fsp3) is 0.621. The van der Waals surface area contributed by atoms with E-state index in [-0.39, 0.29) is 26.2 Å². The smallest absolute Gasteiger partial charge is 0.364 e. The molecule has 0 aromatic heterocycles. The lowest BCUT2D eigenvalue weighted by Gasteiger charge is -2.46. The number of carboxylic acid groups (broad SMARTS) is 1. The van der Waals surface area contributed by atoms with Crippen molar-refractivity contribution in [1.29, 1.82) is 0 Å². The summed E-state index contributed by atoms with van der Waals surface area (Å²) < 4.78 is 21.4. The van der Waals surface area contributed by atoms with E-state index < -0.39 is 67.0 Å². The number of aliphatic hydroxyl groups excluding tert-OH is 3. The Balaban J connectivity index is 2.07. The molecular formula is C29H41ClN2O11. The molecule has 1 heterocycles. The molecule has 43 heavy (non-hydrogen) atoms. The molecule has 0 bridgehead atoms. The molecule has 1 aromatic carbocycles. The molecule has 0 radical (unpaired) electrons. The lowest BCUT2D eigenvalue weighted by atomic mass is 9.88. The van der Waals surface area contributed by atoms with Gasteiger partial charge in [0.2, 0.25) is 11.8 Å². The van der Waals surface area contributed by atoms with Crippen LogP contribution in [0.2, 0.25) is 5.02 Å². The van der Waals surface area contributed by atoms with Crippen molar-refractivity contribution in [2.45, 2.75) is 74.8 Å². The monoisotopic (exact) mass is 628 g/mol. The molecule has 0 saturated carbocycles. The number of aliphatic hydroxyl groups is 3. The average Bonchev–Trinajstić information content (AvgIpc) is 2.97. The minimum atomic E-state index is -2.37. The van der Waals surface area contributed by atoms with Crippen LogP contribution in [-0.2, 0) is 39.8 Å². The van der Waals surface area contributed by atoms with Crippen molar-refractivity contribution < 1.29 is 53.8 Å². The van der Waals surface area contributed by atoms with Crippen molar-refractivity contribution >= 4 is 29.4 Å². The van der Waals surface area contributed by atoms with E-state index in [1.807, 2.05) is 0 Å². The first-order valence-electron chi connectivity index (χ1n) is 13.9. The van der Waals surface area contributed by atoms with Gasteiger partial charge in [-0.25, -0.2) is 4.79 Å². The molecule has 1 aromatic rings. The van der Waals surface area contributed by atoms with Crippen LogP contribution in [0.5, 0.6) is 0 Å². The van der Waals surface area contributed by atoms with Gasteiger partial charge in [-0.3, -0.25) is 9.59 Å². The van der Waals surface area contributed by atoms with Crippen molar-refractivity contribution in [3.63, 3.8) is 0 Å². The number of methoxy groups -OCH3 is 1. The van der Waals surface area contributed by atoms with Gasteiger partial charge < -0.3 is 50.0 Å². The summed E-state index contributed by atoms with van der Waals surface area (Å²) in [7, 11) is 1.28. The van der Waals surface area contributed by atoms with Crippen LogP contribution >= 0.6 is 11.6 Å². The summed E-state index contributed by atoms with van der Waals surface area (Å²) in [6, 6.07) is 5.25. The molecular weight excluding hydrogens is 588 g/mol. The van der Waals surface area contributed by atoms with Gasteiger partial charge in [-0.1, -0.05) is 42.5 Å². The van der Waals surface area contributed by atoms with Crippen molar-refractivity contribution in [1.82, 2.24) is 10.6 Å². The Morgan fingerprint density at radius 2 is 1.81 bits per heavy atom. The van der Waals surface area contributed by atoms with Gasteiger partial charge in [0.15, 0.2) is 0 Å². The quantitative estimate of drug-likeness (QED) is 0.0893. The number of carbonyl (C=O) groups excluding carboxylic acids is 2. The molecule has 14 heteroatoms. The third kappa shape index (κ3) is 12.0. The second-order valence-corrected chi connectivity index (χ2v) is 10.6. The molecule has 0 aliphatic carbocycles. The van der Waals surface area contributed by atoms with Crippen molar-refractivity contribution in [2.75, 3.05) is 40.1 Å². The summed E-state index contributed by atoms with van der Waals surface area (Å²) in [5.74, 6) is -2.69. The molecule has 6 atom stereocenters. The summed E-state index contributed by atoms with van der Waals surface area (Å²) in [5.41, 5.74) is 0.664. The topological polar surface area (TPSA) is 193 Å². The second-order valence-electron chi connectivity index (χ2n) is 10.1. The van der Waals surface area contributed by atoms with Crippen molar-refractivity contribution in [3.05, 3.63) is 34.9 Å². The maximum atomic E-state index is 12.4. The Morgan fingerprint density at radius 3 is 2.44 bits per heavy atom. The van der Waals surface area contributed by atoms with Crippen LogP contribution in [0.25, 0.3) is 0 Å². The number of nitrogens with one attached hydrogen (secondary N) is 2. The van der Waals surface area contributed by atoms with Gasteiger partial charge in [0.25, 0.3) is 5.79 Å². The van der Waals surface area contributed by atoms with E-state index in [0.29, 0.717) is 30.0 Å². The first kappa shape index (κ1) is 36.4. The summed E-state index contributed by atoms with van der Waals surface area (Å²) >= 11 is 5.86. The highest BCUT2D eigenvalue weighted by Gasteiger charge is 2.55. The Bertz CT molecular complexity index is 1070. The Hall–Kier alpha value is -2.80. The highest BCUT2D eigenvalue weighted by atomic mass is 35.5. The molecule has 1 aliphatic heterocycles. The largest absolute Gasteiger partial charge is 0.477 e. The maximum Gasteiger partial charge on any atom is 0.364 e. The molecule has 1 aliphatic rings. The van der Waals surface area contributed by atoms with E-state index in [9.17, 15) is 34.8 Å². The maximum absolute atomic E-state index is 12.4. The molecule has 0 spiro atoms. The molecule has 240 valence electrons. The van der Waals surface area contributed by atoms with Gasteiger partial charge in [-0.2, -0.15) is 0 Å². The number of terminal acetylenes is 1. The van der Waals surface area contributed by atoms with E-state index in [4.69, 9.17) is 37.0 Å². The number of rotatable bonds is 19. The Labute approximate surface area is 255 Å². The van der Waals surface area contributed by atoms with Gasteiger partial charge in [-0.15, -0.1) is 6.42 Å². The number of ether oxygens (including phenoxy) is 4. The number of aliphatic carboxylic acids is 1. The number of hydrogen-bond acceptors (Lipinski definition) is 10. The van der Waals surface area contributed by atoms with E-state index >= 15 is 0 Å². The fourth-order valence-electron chi connectivity index (χ4n) is 4.51. The number of unbranched alkanes of at least 4 members (excludes halogenated alkanes) is 3. The van der Waals surface area contributed by atoms with E-state index in [2.05, 4.69) is 16.6 Å². The van der Waals surface area contributed by atoms with Crippen LogP contribution in [0.3, 0.4) is 0 Å². The number of benzene rings is 1. The third-order valence-electron chi connectivity index (χ3n) is 6.72. The average molecular weight is 629 g/mol. The van der Waals surface area contributed by atoms with Crippen LogP contribution in [-0.4, -0.2) is 115 Å². The van der Waals surface area contributed by atoms with Crippen LogP contribution < -0.4 is 10.6 Å². The van der Waals surface area contributed by atoms with Crippen LogP contribution in [0.15, 0.2) is 24.3 Å². The zero-order chi connectivity index (χ0) is 31.8.